The molecule has 1 atom stereocenters. The van der Waals surface area contributed by atoms with Crippen molar-refractivity contribution in [3.63, 3.8) is 0 Å². The monoisotopic (exact) mass is 286 g/mol. The molecule has 110 valence electrons. The van der Waals surface area contributed by atoms with E-state index in [1.807, 2.05) is 30.3 Å². The number of benzene rings is 2. The Bertz CT molecular complexity index is 593. The van der Waals surface area contributed by atoms with E-state index in [9.17, 15) is 9.18 Å². The molecule has 0 fully saturated rings. The fraction of sp³-hybridized carbons (Fsp3) is 0.235. The van der Waals surface area contributed by atoms with E-state index in [0.717, 1.165) is 17.5 Å². The van der Waals surface area contributed by atoms with Crippen LogP contribution >= 0.6 is 0 Å². The largest absolute Gasteiger partial charge is 0.325 e. The van der Waals surface area contributed by atoms with Crippen LogP contribution in [0.25, 0.3) is 0 Å². The van der Waals surface area contributed by atoms with Crippen molar-refractivity contribution in [1.29, 1.82) is 0 Å². The smallest absolute Gasteiger partial charge is 0.241 e. The Hall–Kier alpha value is -2.20. The summed E-state index contributed by atoms with van der Waals surface area (Å²) in [5, 5.41) is 2.66. The van der Waals surface area contributed by atoms with Gasteiger partial charge in [-0.2, -0.15) is 0 Å². The Morgan fingerprint density at radius 2 is 1.95 bits per heavy atom. The van der Waals surface area contributed by atoms with Crippen molar-refractivity contribution < 1.29 is 9.18 Å². The third-order valence-corrected chi connectivity index (χ3v) is 3.23. The summed E-state index contributed by atoms with van der Waals surface area (Å²) in [6.07, 6.45) is 1.28. The number of aryl methyl sites for hydroxylation is 2. The molecule has 2 aromatic rings. The average molecular weight is 286 g/mol. The molecule has 0 saturated heterocycles. The second kappa shape index (κ2) is 6.99. The third kappa shape index (κ3) is 4.68. The summed E-state index contributed by atoms with van der Waals surface area (Å²) in [6.45, 7) is 1.77. The minimum atomic E-state index is -0.617. The van der Waals surface area contributed by atoms with Crippen LogP contribution in [-0.2, 0) is 11.2 Å². The third-order valence-electron chi connectivity index (χ3n) is 3.23. The Labute approximate surface area is 124 Å². The standard InChI is InChI=1S/C17H19FN2O/c1-12-9-14(18)11-15(10-12)20-17(21)16(19)8-7-13-5-3-2-4-6-13/h2-6,9-11,16H,7-8,19H2,1H3,(H,20,21)/t16-/m0/s1. The number of nitrogens with one attached hydrogen (secondary N) is 1. The number of nitrogens with two attached hydrogens (primary N) is 1. The molecule has 0 bridgehead atoms. The van der Waals surface area contributed by atoms with E-state index in [2.05, 4.69) is 5.32 Å². The molecule has 4 heteroatoms. The summed E-state index contributed by atoms with van der Waals surface area (Å²) in [6, 6.07) is 13.6. The summed E-state index contributed by atoms with van der Waals surface area (Å²) in [5.41, 5.74) is 8.21. The highest BCUT2D eigenvalue weighted by atomic mass is 19.1. The molecule has 3 nitrogen and oxygen atoms in total. The molecule has 2 aromatic carbocycles. The first-order chi connectivity index (χ1) is 10.0. The van der Waals surface area contributed by atoms with Crippen molar-refractivity contribution in [3.8, 4) is 0 Å². The van der Waals surface area contributed by atoms with Crippen molar-refractivity contribution in [2.45, 2.75) is 25.8 Å². The number of carbonyl (C=O) groups is 1. The zero-order chi connectivity index (χ0) is 15.2. The van der Waals surface area contributed by atoms with Gasteiger partial charge in [-0.1, -0.05) is 30.3 Å². The molecule has 0 saturated carbocycles. The van der Waals surface area contributed by atoms with Crippen LogP contribution in [0.5, 0.6) is 0 Å². The van der Waals surface area contributed by atoms with Crippen molar-refractivity contribution in [3.05, 3.63) is 65.5 Å². The van der Waals surface area contributed by atoms with Crippen molar-refractivity contribution in [2.24, 2.45) is 5.73 Å². The normalized spacial score (nSPS) is 12.0. The summed E-state index contributed by atoms with van der Waals surface area (Å²) in [4.78, 5) is 12.0. The van der Waals surface area contributed by atoms with Crippen LogP contribution < -0.4 is 11.1 Å². The first-order valence-electron chi connectivity index (χ1n) is 6.92. The van der Waals surface area contributed by atoms with Gasteiger partial charge in [-0.3, -0.25) is 4.79 Å². The van der Waals surface area contributed by atoms with Gasteiger partial charge in [-0.15, -0.1) is 0 Å². The predicted molar refractivity (Wildman–Crippen MR) is 82.5 cm³/mol. The number of halogens is 1. The molecule has 0 radical (unpaired) electrons. The van der Waals surface area contributed by atoms with Gasteiger partial charge < -0.3 is 11.1 Å². The van der Waals surface area contributed by atoms with E-state index < -0.39 is 6.04 Å². The first-order valence-corrected chi connectivity index (χ1v) is 6.92. The molecule has 3 N–H and O–H groups in total. The number of carbonyl (C=O) groups excluding carboxylic acids is 1. The zero-order valence-corrected chi connectivity index (χ0v) is 12.0. The lowest BCUT2D eigenvalue weighted by atomic mass is 10.1. The van der Waals surface area contributed by atoms with Gasteiger partial charge in [0.2, 0.25) is 5.91 Å². The van der Waals surface area contributed by atoms with Gasteiger partial charge in [0, 0.05) is 5.69 Å². The van der Waals surface area contributed by atoms with Gasteiger partial charge >= 0.3 is 0 Å². The van der Waals surface area contributed by atoms with Gasteiger partial charge in [0.05, 0.1) is 6.04 Å². The number of hydrogen-bond donors (Lipinski definition) is 2. The van der Waals surface area contributed by atoms with Gasteiger partial charge in [-0.25, -0.2) is 4.39 Å². The number of rotatable bonds is 5. The molecule has 0 aliphatic heterocycles. The summed E-state index contributed by atoms with van der Waals surface area (Å²) < 4.78 is 13.3. The maximum atomic E-state index is 13.3. The van der Waals surface area contributed by atoms with Crippen molar-refractivity contribution >= 4 is 11.6 Å². The second-order valence-electron chi connectivity index (χ2n) is 5.14. The van der Waals surface area contributed by atoms with Crippen LogP contribution in [0.4, 0.5) is 10.1 Å². The molecular weight excluding hydrogens is 267 g/mol. The molecule has 2 rings (SSSR count). The maximum Gasteiger partial charge on any atom is 0.241 e. The van der Waals surface area contributed by atoms with Crippen LogP contribution in [0.1, 0.15) is 17.5 Å². The topological polar surface area (TPSA) is 55.1 Å². The molecule has 0 aliphatic carbocycles. The molecule has 0 heterocycles. The lowest BCUT2D eigenvalue weighted by Gasteiger charge is -2.13. The summed E-state index contributed by atoms with van der Waals surface area (Å²) in [5.74, 6) is -0.668. The molecule has 21 heavy (non-hydrogen) atoms. The Morgan fingerprint density at radius 1 is 1.24 bits per heavy atom. The molecular formula is C17H19FN2O. The summed E-state index contributed by atoms with van der Waals surface area (Å²) in [7, 11) is 0. The molecule has 0 spiro atoms. The highest BCUT2D eigenvalue weighted by Gasteiger charge is 2.14. The minimum absolute atomic E-state index is 0.295. The zero-order valence-electron chi connectivity index (χ0n) is 12.0. The lowest BCUT2D eigenvalue weighted by molar-refractivity contribution is -0.117. The van der Waals surface area contributed by atoms with Crippen molar-refractivity contribution in [2.75, 3.05) is 5.32 Å². The number of hydrogen-bond acceptors (Lipinski definition) is 2. The number of amides is 1. The maximum absolute atomic E-state index is 13.3. The van der Waals surface area contributed by atoms with Gasteiger partial charge in [0.25, 0.3) is 0 Å². The summed E-state index contributed by atoms with van der Waals surface area (Å²) >= 11 is 0. The predicted octanol–water partition coefficient (Wildman–Crippen LogP) is 3.03. The van der Waals surface area contributed by atoms with Gasteiger partial charge in [0.15, 0.2) is 0 Å². The van der Waals surface area contributed by atoms with Crippen LogP contribution in [0.2, 0.25) is 0 Å². The fourth-order valence-electron chi connectivity index (χ4n) is 2.14. The van der Waals surface area contributed by atoms with Crippen LogP contribution in [0, 0.1) is 12.7 Å². The average Bonchev–Trinajstić information content (AvgIpc) is 2.44. The van der Waals surface area contributed by atoms with Crippen molar-refractivity contribution in [1.82, 2.24) is 0 Å². The van der Waals surface area contributed by atoms with E-state index in [1.165, 1.54) is 12.1 Å². The lowest BCUT2D eigenvalue weighted by Crippen LogP contribution is -2.36. The fourth-order valence-corrected chi connectivity index (χ4v) is 2.14. The minimum Gasteiger partial charge on any atom is -0.325 e. The second-order valence-corrected chi connectivity index (χ2v) is 5.14. The highest BCUT2D eigenvalue weighted by molar-refractivity contribution is 5.94. The SMILES string of the molecule is Cc1cc(F)cc(NC(=O)[C@@H](N)CCc2ccccc2)c1. The van der Waals surface area contributed by atoms with E-state index in [4.69, 9.17) is 5.73 Å². The quantitative estimate of drug-likeness (QED) is 0.887. The van der Waals surface area contributed by atoms with Crippen LogP contribution in [0.15, 0.2) is 48.5 Å². The Kier molecular flexibility index (Phi) is 5.06. The molecule has 0 unspecified atom stereocenters. The molecule has 0 aliphatic rings. The highest BCUT2D eigenvalue weighted by Crippen LogP contribution is 2.14. The Morgan fingerprint density at radius 3 is 2.62 bits per heavy atom. The van der Waals surface area contributed by atoms with Crippen LogP contribution in [0.3, 0.4) is 0 Å². The molecule has 1 amide bonds. The first kappa shape index (κ1) is 15.2. The van der Waals surface area contributed by atoms with E-state index in [1.54, 1.807) is 13.0 Å². The van der Waals surface area contributed by atoms with E-state index in [-0.39, 0.29) is 11.7 Å². The Balaban J connectivity index is 1.90. The molecule has 0 aromatic heterocycles. The van der Waals surface area contributed by atoms with Crippen LogP contribution in [-0.4, -0.2) is 11.9 Å². The van der Waals surface area contributed by atoms with Gasteiger partial charge in [-0.05, 0) is 49.1 Å². The van der Waals surface area contributed by atoms with E-state index >= 15 is 0 Å². The van der Waals surface area contributed by atoms with E-state index in [0.29, 0.717) is 12.1 Å². The van der Waals surface area contributed by atoms with Gasteiger partial charge in [0.1, 0.15) is 5.82 Å². The number of anilines is 1.